The second-order valence-electron chi connectivity index (χ2n) is 10.3. The van der Waals surface area contributed by atoms with Gasteiger partial charge in [-0.2, -0.15) is 0 Å². The van der Waals surface area contributed by atoms with Crippen LogP contribution in [0.4, 0.5) is 14.9 Å². The Morgan fingerprint density at radius 3 is 2.50 bits per heavy atom. The molecule has 0 aromatic heterocycles. The third kappa shape index (κ3) is 4.54. The van der Waals surface area contributed by atoms with Gasteiger partial charge >= 0.3 is 6.09 Å². The summed E-state index contributed by atoms with van der Waals surface area (Å²) in [6.45, 7) is 7.09. The molecule has 32 heavy (non-hydrogen) atoms. The third-order valence-corrected chi connectivity index (χ3v) is 7.95. The van der Waals surface area contributed by atoms with Gasteiger partial charge in [-0.25, -0.2) is 9.18 Å². The Morgan fingerprint density at radius 2 is 1.84 bits per heavy atom. The number of hydrogen-bond acceptors (Lipinski definition) is 2. The van der Waals surface area contributed by atoms with Crippen molar-refractivity contribution < 1.29 is 18.4 Å². The van der Waals surface area contributed by atoms with E-state index in [1.807, 2.05) is 31.2 Å². The van der Waals surface area contributed by atoms with Crippen LogP contribution in [0.15, 0.2) is 48.5 Å². The van der Waals surface area contributed by atoms with Crippen LogP contribution in [0.25, 0.3) is 0 Å². The molecule has 4 aliphatic rings. The smallest absolute Gasteiger partial charge is 0.415 e. The van der Waals surface area contributed by atoms with Gasteiger partial charge in [-0.05, 0) is 55.2 Å². The number of nitrogens with zero attached hydrogens (tertiary/aromatic N) is 2. The van der Waals surface area contributed by atoms with Crippen molar-refractivity contribution in [2.24, 2.45) is 11.8 Å². The largest absolute Gasteiger partial charge is 0.440 e. The fourth-order valence-corrected chi connectivity index (χ4v) is 5.86. The Morgan fingerprint density at radius 1 is 1.09 bits per heavy atom. The molecule has 1 saturated carbocycles. The number of piperidine rings is 3. The molecule has 2 aromatic carbocycles. The Kier molecular flexibility index (Phi) is 5.93. The molecular weight excluding hydrogens is 403 g/mol. The Balaban J connectivity index is 1.33. The lowest BCUT2D eigenvalue weighted by Crippen LogP contribution is -2.66. The number of aryl methyl sites for hydroxylation is 1. The number of ether oxygens (including phenoxy) is 1. The summed E-state index contributed by atoms with van der Waals surface area (Å²) in [5.41, 5.74) is 2.79. The molecule has 4 nitrogen and oxygen atoms in total. The van der Waals surface area contributed by atoms with E-state index >= 15 is 0 Å². The molecule has 1 unspecified atom stereocenters. The molecule has 2 bridgehead atoms. The second kappa shape index (κ2) is 8.86. The normalized spacial score (nSPS) is 27.1. The SMILES string of the molecule is Cc1cccc(N(Cc2ccc(F)cc2)C(=O)OC2C[N+]3(CC4CCC4)CCC2CC3)c1. The van der Waals surface area contributed by atoms with E-state index in [9.17, 15) is 9.18 Å². The van der Waals surface area contributed by atoms with Crippen molar-refractivity contribution in [3.8, 4) is 0 Å². The first kappa shape index (κ1) is 21.4. The van der Waals surface area contributed by atoms with Gasteiger partial charge in [-0.15, -0.1) is 0 Å². The Labute approximate surface area is 190 Å². The number of anilines is 1. The standard InChI is InChI=1S/C27H34FN2O2/c1-20-4-2-7-25(16-20)29(17-21-8-10-24(28)11-9-21)27(31)32-26-19-30(18-22-5-3-6-22)14-12-23(26)13-15-30/h2,4,7-11,16,22-23,26H,3,5-6,12-15,17-19H2,1H3/q+1. The van der Waals surface area contributed by atoms with Crippen LogP contribution in [0.2, 0.25) is 0 Å². The first-order valence-electron chi connectivity index (χ1n) is 12.1. The Hall–Kier alpha value is -2.40. The molecule has 170 valence electrons. The summed E-state index contributed by atoms with van der Waals surface area (Å²) in [4.78, 5) is 15.2. The highest BCUT2D eigenvalue weighted by Gasteiger charge is 2.49. The number of carbonyl (C=O) groups excluding carboxylic acids is 1. The first-order chi connectivity index (χ1) is 15.5. The molecule has 0 radical (unpaired) electrons. The van der Waals surface area contributed by atoms with Crippen LogP contribution in [0, 0.1) is 24.6 Å². The highest BCUT2D eigenvalue weighted by Crippen LogP contribution is 2.39. The topological polar surface area (TPSA) is 29.5 Å². The van der Waals surface area contributed by atoms with Gasteiger partial charge in [0, 0.05) is 30.4 Å². The van der Waals surface area contributed by atoms with E-state index in [1.54, 1.807) is 17.0 Å². The number of carbonyl (C=O) groups is 1. The van der Waals surface area contributed by atoms with Crippen LogP contribution in [0.3, 0.4) is 0 Å². The van der Waals surface area contributed by atoms with Crippen LogP contribution < -0.4 is 4.90 Å². The highest BCUT2D eigenvalue weighted by atomic mass is 19.1. The maximum absolute atomic E-state index is 13.5. The maximum Gasteiger partial charge on any atom is 0.415 e. The molecule has 0 spiro atoms. The van der Waals surface area contributed by atoms with Crippen molar-refractivity contribution in [3.63, 3.8) is 0 Å². The van der Waals surface area contributed by atoms with Gasteiger partial charge in [0.1, 0.15) is 12.4 Å². The molecule has 6 rings (SSSR count). The minimum atomic E-state index is -0.291. The number of rotatable bonds is 6. The van der Waals surface area contributed by atoms with Gasteiger partial charge in [0.05, 0.1) is 26.2 Å². The molecule has 1 atom stereocenters. The van der Waals surface area contributed by atoms with Crippen molar-refractivity contribution >= 4 is 11.8 Å². The lowest BCUT2D eigenvalue weighted by Gasteiger charge is -2.54. The van der Waals surface area contributed by atoms with E-state index in [0.29, 0.717) is 12.5 Å². The van der Waals surface area contributed by atoms with Gasteiger partial charge in [-0.1, -0.05) is 30.7 Å². The predicted octanol–water partition coefficient (Wildman–Crippen LogP) is 5.69. The number of quaternary nitrogens is 1. The van der Waals surface area contributed by atoms with E-state index in [2.05, 4.69) is 0 Å². The zero-order valence-electron chi connectivity index (χ0n) is 19.0. The van der Waals surface area contributed by atoms with Crippen molar-refractivity contribution in [1.82, 2.24) is 0 Å². The van der Waals surface area contributed by atoms with E-state index in [-0.39, 0.29) is 18.0 Å². The summed E-state index contributed by atoms with van der Waals surface area (Å²) in [5.74, 6) is 1.07. The summed E-state index contributed by atoms with van der Waals surface area (Å²) < 4.78 is 20.8. The summed E-state index contributed by atoms with van der Waals surface area (Å²) in [5, 5.41) is 0. The lowest BCUT2D eigenvalue weighted by atomic mass is 9.79. The number of hydrogen-bond donors (Lipinski definition) is 0. The second-order valence-corrected chi connectivity index (χ2v) is 10.3. The summed E-state index contributed by atoms with van der Waals surface area (Å²) in [6.07, 6.45) is 6.13. The van der Waals surface area contributed by atoms with E-state index in [0.717, 1.165) is 46.6 Å². The minimum absolute atomic E-state index is 0.00870. The molecule has 3 heterocycles. The fourth-order valence-electron chi connectivity index (χ4n) is 5.86. The molecule has 1 amide bonds. The third-order valence-electron chi connectivity index (χ3n) is 7.95. The number of halogens is 1. The summed E-state index contributed by atoms with van der Waals surface area (Å²) in [7, 11) is 0. The fraction of sp³-hybridized carbons (Fsp3) is 0.519. The van der Waals surface area contributed by atoms with Crippen LogP contribution in [0.5, 0.6) is 0 Å². The van der Waals surface area contributed by atoms with Gasteiger partial charge in [0.2, 0.25) is 0 Å². The average Bonchev–Trinajstić information content (AvgIpc) is 2.77. The van der Waals surface area contributed by atoms with E-state index in [1.165, 1.54) is 51.0 Å². The van der Waals surface area contributed by atoms with Crippen LogP contribution in [-0.4, -0.2) is 42.9 Å². The number of fused-ring (bicyclic) bond motifs is 3. The number of amides is 1. The van der Waals surface area contributed by atoms with E-state index in [4.69, 9.17) is 4.74 Å². The zero-order chi connectivity index (χ0) is 22.1. The summed E-state index contributed by atoms with van der Waals surface area (Å²) >= 11 is 0. The average molecular weight is 438 g/mol. The molecule has 3 saturated heterocycles. The van der Waals surface area contributed by atoms with Gasteiger partial charge in [-0.3, -0.25) is 4.90 Å². The molecule has 2 aromatic rings. The molecule has 4 fully saturated rings. The first-order valence-corrected chi connectivity index (χ1v) is 12.1. The van der Waals surface area contributed by atoms with Crippen molar-refractivity contribution in [3.05, 3.63) is 65.5 Å². The van der Waals surface area contributed by atoms with Gasteiger partial charge in [0.15, 0.2) is 6.10 Å². The van der Waals surface area contributed by atoms with Crippen molar-refractivity contribution in [2.45, 2.75) is 51.7 Å². The Bertz CT molecular complexity index is 948. The van der Waals surface area contributed by atoms with Crippen molar-refractivity contribution in [1.29, 1.82) is 0 Å². The van der Waals surface area contributed by atoms with Crippen LogP contribution >= 0.6 is 0 Å². The minimum Gasteiger partial charge on any atom is -0.440 e. The monoisotopic (exact) mass is 437 g/mol. The maximum atomic E-state index is 13.5. The zero-order valence-corrected chi connectivity index (χ0v) is 19.0. The highest BCUT2D eigenvalue weighted by molar-refractivity contribution is 5.87. The lowest BCUT2D eigenvalue weighted by molar-refractivity contribution is -0.949. The molecule has 3 aliphatic heterocycles. The van der Waals surface area contributed by atoms with Gasteiger partial charge in [0.25, 0.3) is 0 Å². The van der Waals surface area contributed by atoms with Crippen LogP contribution in [0.1, 0.15) is 43.2 Å². The predicted molar refractivity (Wildman–Crippen MR) is 124 cm³/mol. The molecule has 0 N–H and O–H groups in total. The van der Waals surface area contributed by atoms with Crippen LogP contribution in [-0.2, 0) is 11.3 Å². The van der Waals surface area contributed by atoms with Crippen molar-refractivity contribution in [2.75, 3.05) is 31.1 Å². The molecular formula is C27H34FN2O2+. The van der Waals surface area contributed by atoms with Gasteiger partial charge < -0.3 is 9.22 Å². The molecule has 5 heteroatoms. The summed E-state index contributed by atoms with van der Waals surface area (Å²) in [6, 6.07) is 14.3. The van der Waals surface area contributed by atoms with E-state index < -0.39 is 0 Å². The number of benzene rings is 2. The molecule has 1 aliphatic carbocycles. The quantitative estimate of drug-likeness (QED) is 0.544.